The Balaban J connectivity index is 2.24. The van der Waals surface area contributed by atoms with Crippen LogP contribution in [0.1, 0.15) is 36.5 Å². The summed E-state index contributed by atoms with van der Waals surface area (Å²) >= 11 is 0. The molecule has 1 unspecified atom stereocenters. The second-order valence-electron chi connectivity index (χ2n) is 5.81. The van der Waals surface area contributed by atoms with Crippen LogP contribution in [-0.2, 0) is 0 Å². The van der Waals surface area contributed by atoms with E-state index in [0.29, 0.717) is 17.2 Å². The number of carbonyl (C=O) groups excluding carboxylic acids is 1. The third-order valence-electron chi connectivity index (χ3n) is 4.09. The number of anilines is 1. The summed E-state index contributed by atoms with van der Waals surface area (Å²) in [5.41, 5.74) is 0.761. The number of carbonyl (C=O) groups is 1. The van der Waals surface area contributed by atoms with Crippen LogP contribution in [0, 0.1) is 16.0 Å². The van der Waals surface area contributed by atoms with Crippen molar-refractivity contribution in [3.05, 3.63) is 33.9 Å². The fourth-order valence-electron chi connectivity index (χ4n) is 2.50. The average Bonchev–Trinajstić information content (AvgIpc) is 2.35. The minimum atomic E-state index is -0.442. The Morgan fingerprint density at radius 2 is 2.10 bits per heavy atom. The molecule has 0 radical (unpaired) electrons. The van der Waals surface area contributed by atoms with Gasteiger partial charge in [-0.05, 0) is 37.8 Å². The first-order valence-electron chi connectivity index (χ1n) is 7.16. The summed E-state index contributed by atoms with van der Waals surface area (Å²) < 4.78 is 0. The highest BCUT2D eigenvalue weighted by molar-refractivity contribution is 5.95. The molecular formula is C15H21N3O3. The molecular weight excluding hydrogens is 270 g/mol. The van der Waals surface area contributed by atoms with Crippen molar-refractivity contribution in [3.63, 3.8) is 0 Å². The predicted octanol–water partition coefficient (Wildman–Crippen LogP) is 2.90. The molecule has 21 heavy (non-hydrogen) atoms. The molecule has 0 saturated heterocycles. The number of benzene rings is 1. The van der Waals surface area contributed by atoms with Gasteiger partial charge in [-0.25, -0.2) is 0 Å². The number of rotatable bonds is 5. The van der Waals surface area contributed by atoms with E-state index in [0.717, 1.165) is 0 Å². The lowest BCUT2D eigenvalue weighted by molar-refractivity contribution is -0.384. The Kier molecular flexibility index (Phi) is 4.45. The van der Waals surface area contributed by atoms with E-state index in [1.165, 1.54) is 30.2 Å². The average molecular weight is 291 g/mol. The van der Waals surface area contributed by atoms with Crippen molar-refractivity contribution in [3.8, 4) is 0 Å². The zero-order chi connectivity index (χ0) is 15.6. The molecule has 6 nitrogen and oxygen atoms in total. The molecule has 1 aliphatic carbocycles. The molecule has 1 amide bonds. The summed E-state index contributed by atoms with van der Waals surface area (Å²) in [4.78, 5) is 24.1. The smallest absolute Gasteiger partial charge is 0.293 e. The van der Waals surface area contributed by atoms with Gasteiger partial charge in [0.25, 0.3) is 11.6 Å². The molecule has 0 spiro atoms. The number of hydrogen-bond donors (Lipinski definition) is 1. The van der Waals surface area contributed by atoms with E-state index < -0.39 is 4.92 Å². The fraction of sp³-hybridized carbons (Fsp3) is 0.533. The molecule has 0 aromatic heterocycles. The minimum Gasteiger partial charge on any atom is -0.377 e. The molecule has 0 heterocycles. The SMILES string of the molecule is CC(Nc1ccc(C(=O)N(C)C)cc1[N+](=O)[O-])C1CCC1. The third kappa shape index (κ3) is 3.32. The number of nitrogens with one attached hydrogen (secondary N) is 1. The van der Waals surface area contributed by atoms with E-state index in [9.17, 15) is 14.9 Å². The van der Waals surface area contributed by atoms with Gasteiger partial charge in [0, 0.05) is 31.8 Å². The molecule has 1 aromatic rings. The molecule has 1 aliphatic rings. The summed E-state index contributed by atoms with van der Waals surface area (Å²) in [6.45, 7) is 2.05. The van der Waals surface area contributed by atoms with Gasteiger partial charge in [0.05, 0.1) is 4.92 Å². The zero-order valence-electron chi connectivity index (χ0n) is 12.6. The largest absolute Gasteiger partial charge is 0.377 e. The molecule has 1 atom stereocenters. The van der Waals surface area contributed by atoms with Crippen molar-refractivity contribution < 1.29 is 9.72 Å². The molecule has 6 heteroatoms. The van der Waals surface area contributed by atoms with Crippen molar-refractivity contribution in [1.82, 2.24) is 4.90 Å². The van der Waals surface area contributed by atoms with Crippen LogP contribution in [0.15, 0.2) is 18.2 Å². The third-order valence-corrected chi connectivity index (χ3v) is 4.09. The van der Waals surface area contributed by atoms with Crippen molar-refractivity contribution >= 4 is 17.3 Å². The van der Waals surface area contributed by atoms with Gasteiger partial charge in [0.2, 0.25) is 0 Å². The number of nitrogens with zero attached hydrogens (tertiary/aromatic N) is 2. The highest BCUT2D eigenvalue weighted by Crippen LogP contribution is 2.33. The van der Waals surface area contributed by atoms with Crippen LogP contribution in [0.5, 0.6) is 0 Å². The maximum atomic E-state index is 11.9. The van der Waals surface area contributed by atoms with Gasteiger partial charge in [0.15, 0.2) is 0 Å². The van der Waals surface area contributed by atoms with E-state index in [4.69, 9.17) is 0 Å². The number of nitro groups is 1. The van der Waals surface area contributed by atoms with E-state index in [-0.39, 0.29) is 17.6 Å². The Labute approximate surface area is 124 Å². The van der Waals surface area contributed by atoms with Gasteiger partial charge in [-0.1, -0.05) is 6.42 Å². The lowest BCUT2D eigenvalue weighted by atomic mass is 9.80. The Hall–Kier alpha value is -2.11. The number of amides is 1. The van der Waals surface area contributed by atoms with Crippen LogP contribution < -0.4 is 5.32 Å². The molecule has 0 bridgehead atoms. The number of nitro benzene ring substituents is 1. The maximum Gasteiger partial charge on any atom is 0.293 e. The molecule has 2 rings (SSSR count). The van der Waals surface area contributed by atoms with Crippen molar-refractivity contribution in [2.75, 3.05) is 19.4 Å². The van der Waals surface area contributed by atoms with Gasteiger partial charge in [-0.15, -0.1) is 0 Å². The van der Waals surface area contributed by atoms with Crippen LogP contribution in [-0.4, -0.2) is 35.9 Å². The van der Waals surface area contributed by atoms with E-state index >= 15 is 0 Å². The predicted molar refractivity (Wildman–Crippen MR) is 81.5 cm³/mol. The highest BCUT2D eigenvalue weighted by atomic mass is 16.6. The lowest BCUT2D eigenvalue weighted by Crippen LogP contribution is -2.31. The van der Waals surface area contributed by atoms with Gasteiger partial charge in [-0.2, -0.15) is 0 Å². The standard InChI is InChI=1S/C15H21N3O3/c1-10(11-5-4-6-11)16-13-8-7-12(15(19)17(2)3)9-14(13)18(20)21/h7-11,16H,4-6H2,1-3H3. The first kappa shape index (κ1) is 15.3. The maximum absolute atomic E-state index is 11.9. The quantitative estimate of drug-likeness (QED) is 0.668. The monoisotopic (exact) mass is 291 g/mol. The molecule has 0 aliphatic heterocycles. The van der Waals surface area contributed by atoms with Crippen molar-refractivity contribution in [1.29, 1.82) is 0 Å². The van der Waals surface area contributed by atoms with E-state index in [1.807, 2.05) is 6.92 Å². The fourth-order valence-corrected chi connectivity index (χ4v) is 2.50. The van der Waals surface area contributed by atoms with Crippen LogP contribution in [0.3, 0.4) is 0 Å². The summed E-state index contributed by atoms with van der Waals surface area (Å²) in [6, 6.07) is 4.81. The Morgan fingerprint density at radius 3 is 2.57 bits per heavy atom. The molecule has 1 aromatic carbocycles. The Morgan fingerprint density at radius 1 is 1.43 bits per heavy atom. The summed E-state index contributed by atoms with van der Waals surface area (Å²) in [7, 11) is 3.25. The van der Waals surface area contributed by atoms with Crippen molar-refractivity contribution in [2.24, 2.45) is 5.92 Å². The summed E-state index contributed by atoms with van der Waals surface area (Å²) in [6.07, 6.45) is 3.56. The lowest BCUT2D eigenvalue weighted by Gasteiger charge is -2.32. The molecule has 1 N–H and O–H groups in total. The van der Waals surface area contributed by atoms with Crippen LogP contribution in [0.2, 0.25) is 0 Å². The van der Waals surface area contributed by atoms with E-state index in [1.54, 1.807) is 26.2 Å². The zero-order valence-corrected chi connectivity index (χ0v) is 12.6. The molecule has 114 valence electrons. The molecule has 1 saturated carbocycles. The van der Waals surface area contributed by atoms with Gasteiger partial charge in [0.1, 0.15) is 5.69 Å². The summed E-state index contributed by atoms with van der Waals surface area (Å²) in [5.74, 6) is 0.337. The van der Waals surface area contributed by atoms with Crippen molar-refractivity contribution in [2.45, 2.75) is 32.2 Å². The van der Waals surface area contributed by atoms with Gasteiger partial charge < -0.3 is 10.2 Å². The second kappa shape index (κ2) is 6.11. The van der Waals surface area contributed by atoms with Gasteiger partial charge >= 0.3 is 0 Å². The normalized spacial score (nSPS) is 16.0. The summed E-state index contributed by atoms with van der Waals surface area (Å²) in [5, 5.41) is 14.5. The first-order valence-corrected chi connectivity index (χ1v) is 7.16. The number of hydrogen-bond acceptors (Lipinski definition) is 4. The second-order valence-corrected chi connectivity index (χ2v) is 5.81. The van der Waals surface area contributed by atoms with Gasteiger partial charge in [-0.3, -0.25) is 14.9 Å². The topological polar surface area (TPSA) is 75.5 Å². The van der Waals surface area contributed by atoms with Crippen LogP contribution in [0.4, 0.5) is 11.4 Å². The highest BCUT2D eigenvalue weighted by Gasteiger charge is 2.26. The van der Waals surface area contributed by atoms with Crippen LogP contribution >= 0.6 is 0 Å². The van der Waals surface area contributed by atoms with Crippen LogP contribution in [0.25, 0.3) is 0 Å². The minimum absolute atomic E-state index is 0.0473. The Bertz CT molecular complexity index is 553. The first-order chi connectivity index (χ1) is 9.90. The molecule has 1 fully saturated rings. The van der Waals surface area contributed by atoms with E-state index in [2.05, 4.69) is 5.32 Å².